The highest BCUT2D eigenvalue weighted by Gasteiger charge is 2.27. The Balaban J connectivity index is 1.66. The molecular weight excluding hydrogens is 332 g/mol. The maximum atomic E-state index is 12.4. The van der Waals surface area contributed by atoms with Crippen molar-refractivity contribution in [2.45, 2.75) is 26.3 Å². The van der Waals surface area contributed by atoms with Gasteiger partial charge >= 0.3 is 0 Å². The Hall–Kier alpha value is -2.83. The second kappa shape index (κ2) is 8.03. The fourth-order valence-corrected chi connectivity index (χ4v) is 3.21. The number of amides is 2. The summed E-state index contributed by atoms with van der Waals surface area (Å²) < 4.78 is 7.34. The number of carbonyl (C=O) groups excluding carboxylic acids is 2. The highest BCUT2D eigenvalue weighted by molar-refractivity contribution is 5.79. The first kappa shape index (κ1) is 18.0. The zero-order chi connectivity index (χ0) is 18.5. The third-order valence-electron chi connectivity index (χ3n) is 4.61. The maximum Gasteiger partial charge on any atom is 0.224 e. The Morgan fingerprint density at radius 1 is 1.23 bits per heavy atom. The van der Waals surface area contributed by atoms with E-state index in [0.717, 1.165) is 35.7 Å². The molecule has 0 saturated carbocycles. The van der Waals surface area contributed by atoms with Crippen molar-refractivity contribution in [1.82, 2.24) is 20.2 Å². The summed E-state index contributed by atoms with van der Waals surface area (Å²) in [6.45, 7) is 2.96. The molecule has 26 heavy (non-hydrogen) atoms. The van der Waals surface area contributed by atoms with Gasteiger partial charge in [-0.25, -0.2) is 4.98 Å². The van der Waals surface area contributed by atoms with Gasteiger partial charge in [-0.1, -0.05) is 0 Å². The van der Waals surface area contributed by atoms with Crippen molar-refractivity contribution in [2.24, 2.45) is 5.92 Å². The first-order chi connectivity index (χ1) is 12.6. The molecule has 1 aliphatic heterocycles. The number of imidazole rings is 1. The summed E-state index contributed by atoms with van der Waals surface area (Å²) in [5.41, 5.74) is 2.06. The quantitative estimate of drug-likeness (QED) is 0.766. The summed E-state index contributed by atoms with van der Waals surface area (Å²) in [5.74, 6) is 1.66. The molecule has 7 heteroatoms. The Morgan fingerprint density at radius 2 is 1.96 bits per heavy atom. The van der Waals surface area contributed by atoms with Gasteiger partial charge in [-0.05, 0) is 30.7 Å². The highest BCUT2D eigenvalue weighted by Crippen LogP contribution is 2.28. The third kappa shape index (κ3) is 4.04. The molecule has 0 saturated heterocycles. The van der Waals surface area contributed by atoms with E-state index in [9.17, 15) is 9.59 Å². The first-order valence-corrected chi connectivity index (χ1v) is 8.79. The van der Waals surface area contributed by atoms with Crippen molar-refractivity contribution in [1.29, 1.82) is 0 Å². The van der Waals surface area contributed by atoms with Gasteiger partial charge in [-0.15, -0.1) is 0 Å². The Kier molecular flexibility index (Phi) is 5.55. The van der Waals surface area contributed by atoms with Crippen LogP contribution in [0, 0.1) is 5.92 Å². The first-order valence-electron chi connectivity index (χ1n) is 8.79. The third-order valence-corrected chi connectivity index (χ3v) is 4.61. The number of benzene rings is 1. The number of ether oxygens (including phenoxy) is 1. The number of rotatable bonds is 6. The number of aromatic nitrogens is 2. The Labute approximate surface area is 152 Å². The van der Waals surface area contributed by atoms with Crippen LogP contribution in [-0.2, 0) is 22.6 Å². The summed E-state index contributed by atoms with van der Waals surface area (Å²) in [6.07, 6.45) is 3.43. The van der Waals surface area contributed by atoms with Gasteiger partial charge < -0.3 is 19.9 Å². The maximum absolute atomic E-state index is 12.4. The average molecular weight is 356 g/mol. The molecular formula is C19H24N4O3. The van der Waals surface area contributed by atoms with Crippen LogP contribution in [0.25, 0.3) is 11.3 Å². The molecule has 0 aliphatic carbocycles. The van der Waals surface area contributed by atoms with Gasteiger partial charge in [-0.2, -0.15) is 0 Å². The monoisotopic (exact) mass is 356 g/mol. The molecule has 0 fully saturated rings. The van der Waals surface area contributed by atoms with Gasteiger partial charge in [0.05, 0.1) is 24.9 Å². The molecule has 0 unspecified atom stereocenters. The molecule has 138 valence electrons. The van der Waals surface area contributed by atoms with Gasteiger partial charge in [-0.3, -0.25) is 9.59 Å². The fraction of sp³-hybridized carbons (Fsp3) is 0.421. The van der Waals surface area contributed by atoms with Crippen molar-refractivity contribution in [3.8, 4) is 17.0 Å². The molecule has 2 aromatic rings. The molecule has 7 nitrogen and oxygen atoms in total. The topological polar surface area (TPSA) is 85.2 Å². The zero-order valence-electron chi connectivity index (χ0n) is 15.1. The normalized spacial score (nSPS) is 15.8. The van der Waals surface area contributed by atoms with Crippen molar-refractivity contribution in [3.63, 3.8) is 0 Å². The molecule has 2 amide bonds. The van der Waals surface area contributed by atoms with Crippen LogP contribution in [0.15, 0.2) is 30.5 Å². The number of methoxy groups -OCH3 is 1. The van der Waals surface area contributed by atoms with Crippen LogP contribution < -0.4 is 15.4 Å². The van der Waals surface area contributed by atoms with Gasteiger partial charge in [0.2, 0.25) is 11.8 Å². The van der Waals surface area contributed by atoms with E-state index in [0.29, 0.717) is 19.6 Å². The largest absolute Gasteiger partial charge is 0.497 e. The number of carbonyl (C=O) groups is 2. The molecule has 1 aliphatic rings. The minimum absolute atomic E-state index is 0.0235. The lowest BCUT2D eigenvalue weighted by molar-refractivity contribution is -0.126. The molecule has 2 N–H and O–H groups in total. The minimum Gasteiger partial charge on any atom is -0.497 e. The molecule has 2 heterocycles. The Morgan fingerprint density at radius 3 is 2.65 bits per heavy atom. The van der Waals surface area contributed by atoms with Crippen molar-refractivity contribution in [3.05, 3.63) is 36.3 Å². The molecule has 0 bridgehead atoms. The lowest BCUT2D eigenvalue weighted by Crippen LogP contribution is -2.39. The number of nitrogens with zero attached hydrogens (tertiary/aromatic N) is 2. The van der Waals surface area contributed by atoms with Crippen LogP contribution >= 0.6 is 0 Å². The summed E-state index contributed by atoms with van der Waals surface area (Å²) in [7, 11) is 1.64. The van der Waals surface area contributed by atoms with E-state index in [1.165, 1.54) is 6.92 Å². The summed E-state index contributed by atoms with van der Waals surface area (Å²) in [4.78, 5) is 27.8. The van der Waals surface area contributed by atoms with E-state index in [-0.39, 0.29) is 17.7 Å². The second-order valence-corrected chi connectivity index (χ2v) is 6.41. The van der Waals surface area contributed by atoms with E-state index in [4.69, 9.17) is 4.74 Å². The van der Waals surface area contributed by atoms with Crippen LogP contribution in [0.5, 0.6) is 5.75 Å². The van der Waals surface area contributed by atoms with E-state index in [1.54, 1.807) is 7.11 Å². The van der Waals surface area contributed by atoms with Gasteiger partial charge in [0, 0.05) is 38.5 Å². The van der Waals surface area contributed by atoms with Crippen LogP contribution in [-0.4, -0.2) is 41.6 Å². The van der Waals surface area contributed by atoms with Crippen LogP contribution in [0.1, 0.15) is 19.2 Å². The highest BCUT2D eigenvalue weighted by atomic mass is 16.5. The Bertz CT molecular complexity index is 783. The standard InChI is InChI=1S/C19H24N4O3/c1-13(24)20-9-10-21-19(25)15-5-8-18-22-11-17(23(18)12-15)14-3-6-16(26-2)7-4-14/h3-4,6-7,11,15H,5,8-10,12H2,1-2H3,(H,20,24)(H,21,25)/t15-/m0/s1. The molecule has 1 atom stereocenters. The minimum atomic E-state index is -0.0934. The van der Waals surface area contributed by atoms with E-state index in [2.05, 4.69) is 20.2 Å². The molecule has 1 aromatic heterocycles. The number of hydrogen-bond acceptors (Lipinski definition) is 4. The lowest BCUT2D eigenvalue weighted by atomic mass is 9.98. The van der Waals surface area contributed by atoms with E-state index in [1.807, 2.05) is 30.5 Å². The van der Waals surface area contributed by atoms with Crippen molar-refractivity contribution < 1.29 is 14.3 Å². The smallest absolute Gasteiger partial charge is 0.224 e. The molecule has 0 radical (unpaired) electrons. The van der Waals surface area contributed by atoms with E-state index < -0.39 is 0 Å². The number of fused-ring (bicyclic) bond motifs is 1. The molecule has 0 spiro atoms. The van der Waals surface area contributed by atoms with Crippen molar-refractivity contribution >= 4 is 11.8 Å². The SMILES string of the molecule is COc1ccc(-c2cnc3n2C[C@@H](C(=O)NCCNC(C)=O)CC3)cc1. The predicted octanol–water partition coefficient (Wildman–Crippen LogP) is 1.37. The molecule has 1 aromatic carbocycles. The second-order valence-electron chi connectivity index (χ2n) is 6.41. The zero-order valence-corrected chi connectivity index (χ0v) is 15.1. The van der Waals surface area contributed by atoms with Gasteiger partial charge in [0.1, 0.15) is 11.6 Å². The van der Waals surface area contributed by atoms with Crippen LogP contribution in [0.2, 0.25) is 0 Å². The lowest BCUT2D eigenvalue weighted by Gasteiger charge is -2.24. The fourth-order valence-electron chi connectivity index (χ4n) is 3.21. The average Bonchev–Trinajstić information content (AvgIpc) is 3.08. The van der Waals surface area contributed by atoms with Crippen LogP contribution in [0.4, 0.5) is 0 Å². The summed E-state index contributed by atoms with van der Waals surface area (Å²) >= 11 is 0. The molecule has 3 rings (SSSR count). The van der Waals surface area contributed by atoms with Gasteiger partial charge in [0.25, 0.3) is 0 Å². The van der Waals surface area contributed by atoms with Gasteiger partial charge in [0.15, 0.2) is 0 Å². The van der Waals surface area contributed by atoms with Crippen molar-refractivity contribution in [2.75, 3.05) is 20.2 Å². The van der Waals surface area contributed by atoms with E-state index >= 15 is 0 Å². The number of hydrogen-bond donors (Lipinski definition) is 2. The number of aryl methyl sites for hydroxylation is 1. The van der Waals surface area contributed by atoms with Crippen LogP contribution in [0.3, 0.4) is 0 Å². The predicted molar refractivity (Wildman–Crippen MR) is 97.7 cm³/mol. The summed E-state index contributed by atoms with van der Waals surface area (Å²) in [6, 6.07) is 7.84. The summed E-state index contributed by atoms with van der Waals surface area (Å²) in [5, 5.41) is 5.58. The number of nitrogens with one attached hydrogen (secondary N) is 2.